The molecule has 3 amide bonds. The topological polar surface area (TPSA) is 102 Å². The highest BCUT2D eigenvalue weighted by molar-refractivity contribution is 6.31. The van der Waals surface area contributed by atoms with Crippen molar-refractivity contribution in [3.8, 4) is 5.75 Å². The lowest BCUT2D eigenvalue weighted by molar-refractivity contribution is -0.123. The minimum atomic E-state index is -0.475. The molecule has 2 aromatic rings. The maximum Gasteiger partial charge on any atom is 0.262 e. The second-order valence-electron chi connectivity index (χ2n) is 6.60. The van der Waals surface area contributed by atoms with Gasteiger partial charge in [-0.15, -0.1) is 0 Å². The Hall–Kier alpha value is -3.06. The summed E-state index contributed by atoms with van der Waals surface area (Å²) in [5.74, 6) is -0.916. The molecule has 1 atom stereocenters. The van der Waals surface area contributed by atoms with E-state index < -0.39 is 11.8 Å². The number of nitrogens with one attached hydrogen (secondary N) is 1. The molecule has 1 fully saturated rings. The van der Waals surface area contributed by atoms with Crippen LogP contribution in [-0.2, 0) is 14.4 Å². The quantitative estimate of drug-likeness (QED) is 0.776. The van der Waals surface area contributed by atoms with Crippen molar-refractivity contribution in [3.63, 3.8) is 0 Å². The molecule has 1 aliphatic heterocycles. The van der Waals surface area contributed by atoms with Gasteiger partial charge in [-0.25, -0.2) is 0 Å². The van der Waals surface area contributed by atoms with E-state index in [-0.39, 0.29) is 31.4 Å². The van der Waals surface area contributed by atoms with Crippen molar-refractivity contribution in [2.24, 2.45) is 11.7 Å². The molecule has 7 nitrogen and oxygen atoms in total. The Balaban J connectivity index is 1.56. The first-order valence-corrected chi connectivity index (χ1v) is 9.10. The first kappa shape index (κ1) is 19.7. The summed E-state index contributed by atoms with van der Waals surface area (Å²) in [6.45, 7) is 1.97. The molecule has 0 bridgehead atoms. The van der Waals surface area contributed by atoms with Gasteiger partial charge in [0.25, 0.3) is 5.91 Å². The van der Waals surface area contributed by atoms with Crippen LogP contribution in [0.5, 0.6) is 5.75 Å². The number of aryl methyl sites for hydroxylation is 1. The van der Waals surface area contributed by atoms with Gasteiger partial charge in [0, 0.05) is 29.4 Å². The summed E-state index contributed by atoms with van der Waals surface area (Å²) in [4.78, 5) is 36.9. The van der Waals surface area contributed by atoms with Gasteiger partial charge in [0.15, 0.2) is 6.61 Å². The number of rotatable bonds is 6. The van der Waals surface area contributed by atoms with Crippen LogP contribution in [0.25, 0.3) is 0 Å². The Bertz CT molecular complexity index is 914. The summed E-state index contributed by atoms with van der Waals surface area (Å²) >= 11 is 5.94. The molecular formula is C20H20ClN3O4. The lowest BCUT2D eigenvalue weighted by Gasteiger charge is -2.16. The summed E-state index contributed by atoms with van der Waals surface area (Å²) < 4.78 is 5.49. The van der Waals surface area contributed by atoms with Crippen LogP contribution in [-0.4, -0.2) is 30.9 Å². The van der Waals surface area contributed by atoms with E-state index in [0.717, 1.165) is 5.56 Å². The molecule has 8 heteroatoms. The zero-order chi connectivity index (χ0) is 20.3. The van der Waals surface area contributed by atoms with Crippen LogP contribution >= 0.6 is 11.6 Å². The van der Waals surface area contributed by atoms with Crippen molar-refractivity contribution >= 4 is 40.7 Å². The largest absolute Gasteiger partial charge is 0.484 e. The standard InChI is InChI=1S/C20H20ClN3O4/c1-12-2-3-14(21)9-17(12)23-18(25)11-28-16-6-4-15(5-7-16)24-10-13(20(22)27)8-19(24)26/h2-7,9,13H,8,10-11H2,1H3,(H2,22,27)(H,23,25)/t13-/m1/s1. The van der Waals surface area contributed by atoms with Gasteiger partial charge in [-0.3, -0.25) is 14.4 Å². The van der Waals surface area contributed by atoms with E-state index in [0.29, 0.717) is 22.1 Å². The van der Waals surface area contributed by atoms with E-state index in [1.54, 1.807) is 36.4 Å². The molecule has 0 saturated carbocycles. The molecule has 0 spiro atoms. The number of amides is 3. The van der Waals surface area contributed by atoms with Crippen LogP contribution in [0.3, 0.4) is 0 Å². The third-order valence-corrected chi connectivity index (χ3v) is 4.75. The number of ether oxygens (including phenoxy) is 1. The zero-order valence-electron chi connectivity index (χ0n) is 15.3. The minimum Gasteiger partial charge on any atom is -0.484 e. The summed E-state index contributed by atoms with van der Waals surface area (Å²) in [5, 5.41) is 3.29. The van der Waals surface area contributed by atoms with E-state index >= 15 is 0 Å². The fraction of sp³-hybridized carbons (Fsp3) is 0.250. The Morgan fingerprint density at radius 2 is 1.96 bits per heavy atom. The summed E-state index contributed by atoms with van der Waals surface area (Å²) in [5.41, 5.74) is 7.46. The van der Waals surface area contributed by atoms with Gasteiger partial charge in [0.2, 0.25) is 11.8 Å². The number of benzene rings is 2. The number of carbonyl (C=O) groups excluding carboxylic acids is 3. The van der Waals surface area contributed by atoms with E-state index in [4.69, 9.17) is 22.1 Å². The average Bonchev–Trinajstić information content (AvgIpc) is 3.05. The molecule has 0 aliphatic carbocycles. The maximum atomic E-state index is 12.1. The van der Waals surface area contributed by atoms with Crippen molar-refractivity contribution in [3.05, 3.63) is 53.1 Å². The Morgan fingerprint density at radius 1 is 1.25 bits per heavy atom. The number of nitrogens with two attached hydrogens (primary N) is 1. The molecule has 3 N–H and O–H groups in total. The van der Waals surface area contributed by atoms with Crippen molar-refractivity contribution < 1.29 is 19.1 Å². The molecule has 0 aromatic heterocycles. The fourth-order valence-corrected chi connectivity index (χ4v) is 3.11. The van der Waals surface area contributed by atoms with Crippen molar-refractivity contribution in [2.45, 2.75) is 13.3 Å². The predicted octanol–water partition coefficient (Wildman–Crippen LogP) is 2.50. The first-order chi connectivity index (χ1) is 13.3. The highest BCUT2D eigenvalue weighted by Gasteiger charge is 2.33. The van der Waals surface area contributed by atoms with Crippen LogP contribution in [0, 0.1) is 12.8 Å². The summed E-state index contributed by atoms with van der Waals surface area (Å²) in [6.07, 6.45) is 0.122. The van der Waals surface area contributed by atoms with Gasteiger partial charge in [0.1, 0.15) is 5.75 Å². The molecule has 1 saturated heterocycles. The predicted molar refractivity (Wildman–Crippen MR) is 106 cm³/mol. The van der Waals surface area contributed by atoms with Crippen LogP contribution in [0.2, 0.25) is 5.02 Å². The Kier molecular flexibility index (Phi) is 5.84. The smallest absolute Gasteiger partial charge is 0.262 e. The minimum absolute atomic E-state index is 0.122. The molecule has 0 unspecified atom stereocenters. The number of carbonyl (C=O) groups is 3. The van der Waals surface area contributed by atoms with Crippen LogP contribution in [0.4, 0.5) is 11.4 Å². The molecule has 146 valence electrons. The van der Waals surface area contributed by atoms with Crippen LogP contribution in [0.1, 0.15) is 12.0 Å². The zero-order valence-corrected chi connectivity index (χ0v) is 16.0. The highest BCUT2D eigenvalue weighted by atomic mass is 35.5. The number of anilines is 2. The van der Waals surface area contributed by atoms with E-state index in [2.05, 4.69) is 5.32 Å². The number of halogens is 1. The number of hydrogen-bond acceptors (Lipinski definition) is 4. The van der Waals surface area contributed by atoms with E-state index in [1.165, 1.54) is 4.90 Å². The third-order valence-electron chi connectivity index (χ3n) is 4.52. The van der Waals surface area contributed by atoms with E-state index in [9.17, 15) is 14.4 Å². The number of hydrogen-bond donors (Lipinski definition) is 2. The lowest BCUT2D eigenvalue weighted by atomic mass is 10.1. The lowest BCUT2D eigenvalue weighted by Crippen LogP contribution is -2.28. The second kappa shape index (κ2) is 8.31. The number of nitrogens with zero attached hydrogens (tertiary/aromatic N) is 1. The first-order valence-electron chi connectivity index (χ1n) is 8.72. The second-order valence-corrected chi connectivity index (χ2v) is 7.03. The van der Waals surface area contributed by atoms with Crippen molar-refractivity contribution in [1.29, 1.82) is 0 Å². The van der Waals surface area contributed by atoms with Crippen molar-refractivity contribution in [1.82, 2.24) is 0 Å². The molecule has 28 heavy (non-hydrogen) atoms. The summed E-state index contributed by atoms with van der Waals surface area (Å²) in [6, 6.07) is 12.0. The molecule has 1 heterocycles. The highest BCUT2D eigenvalue weighted by Crippen LogP contribution is 2.27. The molecule has 1 aliphatic rings. The fourth-order valence-electron chi connectivity index (χ4n) is 2.93. The van der Waals surface area contributed by atoms with Gasteiger partial charge >= 0.3 is 0 Å². The Labute approximate surface area is 167 Å². The third kappa shape index (κ3) is 4.61. The van der Waals surface area contributed by atoms with Crippen molar-refractivity contribution in [2.75, 3.05) is 23.4 Å². The van der Waals surface area contributed by atoms with Crippen LogP contribution < -0.4 is 20.7 Å². The van der Waals surface area contributed by atoms with Gasteiger partial charge in [-0.05, 0) is 48.9 Å². The monoisotopic (exact) mass is 401 g/mol. The number of primary amides is 1. The molecule has 3 rings (SSSR count). The normalized spacial score (nSPS) is 16.1. The van der Waals surface area contributed by atoms with Gasteiger partial charge in [0.05, 0.1) is 5.92 Å². The van der Waals surface area contributed by atoms with Gasteiger partial charge in [-0.1, -0.05) is 17.7 Å². The summed E-state index contributed by atoms with van der Waals surface area (Å²) in [7, 11) is 0. The van der Waals surface area contributed by atoms with Gasteiger partial charge < -0.3 is 20.7 Å². The molecule has 0 radical (unpaired) electrons. The molecular weight excluding hydrogens is 382 g/mol. The molecule has 2 aromatic carbocycles. The average molecular weight is 402 g/mol. The van der Waals surface area contributed by atoms with E-state index in [1.807, 2.05) is 13.0 Å². The Morgan fingerprint density at radius 3 is 2.61 bits per heavy atom. The van der Waals surface area contributed by atoms with Crippen LogP contribution in [0.15, 0.2) is 42.5 Å². The van der Waals surface area contributed by atoms with Gasteiger partial charge in [-0.2, -0.15) is 0 Å². The maximum absolute atomic E-state index is 12.1. The SMILES string of the molecule is Cc1ccc(Cl)cc1NC(=O)COc1ccc(N2C[C@H](C(N)=O)CC2=O)cc1.